The molecule has 13 heteroatoms. The molecule has 11 nitrogen and oxygen atoms in total. The minimum absolute atomic E-state index is 0.0725. The number of anilines is 3. The molecule has 0 atom stereocenters. The summed E-state index contributed by atoms with van der Waals surface area (Å²) < 4.78 is 31.9. The Morgan fingerprint density at radius 1 is 0.971 bits per heavy atom. The van der Waals surface area contributed by atoms with Gasteiger partial charge in [0.15, 0.2) is 0 Å². The van der Waals surface area contributed by atoms with E-state index >= 15 is 0 Å². The summed E-state index contributed by atoms with van der Waals surface area (Å²) >= 11 is 6.13. The molecule has 3 aromatic rings. The Morgan fingerprint density at radius 3 is 2.20 bits per heavy atom. The lowest BCUT2D eigenvalue weighted by Crippen LogP contribution is -2.32. The Bertz CT molecular complexity index is 1440. The normalized spacial score (nSPS) is 13.7. The van der Waals surface area contributed by atoms with E-state index in [1.54, 1.807) is 6.07 Å². The zero-order chi connectivity index (χ0) is 25.2. The highest BCUT2D eigenvalue weighted by Gasteiger charge is 2.39. The van der Waals surface area contributed by atoms with Crippen molar-refractivity contribution < 1.29 is 27.5 Å². The van der Waals surface area contributed by atoms with Crippen molar-refractivity contribution in [2.75, 3.05) is 22.0 Å². The van der Waals surface area contributed by atoms with Gasteiger partial charge in [0.25, 0.3) is 21.8 Å². The van der Waals surface area contributed by atoms with Gasteiger partial charge in [-0.25, -0.2) is 32.8 Å². The van der Waals surface area contributed by atoms with Gasteiger partial charge in [0.2, 0.25) is 5.95 Å². The average molecular weight is 514 g/mol. The number of hydrogen-bond acceptors (Lipinski definition) is 9. The van der Waals surface area contributed by atoms with Crippen LogP contribution in [-0.4, -0.2) is 43.3 Å². The van der Waals surface area contributed by atoms with Crippen molar-refractivity contribution in [1.29, 1.82) is 0 Å². The monoisotopic (exact) mass is 513 g/mol. The number of nitrogens with zero attached hydrogens (tertiary/aromatic N) is 3. The smallest absolute Gasteiger partial charge is 0.337 e. The number of ether oxygens (including phenoxy) is 1. The van der Waals surface area contributed by atoms with Gasteiger partial charge in [-0.2, -0.15) is 0 Å². The standard InChI is InChI=1S/C22H16ClN5O6S/c1-34-21(31)13-3-7-15(8-4-13)28-19(29)17(23)18(20(28)30)26-14-5-9-16(10-6-14)35(32,33)27-22-24-11-2-12-25-22/h2-12,26H,1H3,(H,24,25,27). The minimum Gasteiger partial charge on any atom is -0.465 e. The van der Waals surface area contributed by atoms with E-state index in [0.29, 0.717) is 5.69 Å². The fourth-order valence-electron chi connectivity index (χ4n) is 3.10. The van der Waals surface area contributed by atoms with Gasteiger partial charge in [-0.3, -0.25) is 9.59 Å². The van der Waals surface area contributed by atoms with Crippen LogP contribution in [0.1, 0.15) is 10.4 Å². The molecule has 0 unspecified atom stereocenters. The lowest BCUT2D eigenvalue weighted by molar-refractivity contribution is -0.120. The molecular formula is C22H16ClN5O6S. The van der Waals surface area contributed by atoms with Gasteiger partial charge in [0, 0.05) is 18.1 Å². The Balaban J connectivity index is 1.50. The van der Waals surface area contributed by atoms with Gasteiger partial charge >= 0.3 is 5.97 Å². The number of benzene rings is 2. The summed E-state index contributed by atoms with van der Waals surface area (Å²) in [6, 6.07) is 12.6. The van der Waals surface area contributed by atoms with E-state index in [2.05, 4.69) is 24.7 Å². The van der Waals surface area contributed by atoms with Crippen molar-refractivity contribution in [3.63, 3.8) is 0 Å². The first-order valence-corrected chi connectivity index (χ1v) is 11.7. The summed E-state index contributed by atoms with van der Waals surface area (Å²) in [6.45, 7) is 0. The molecular weight excluding hydrogens is 498 g/mol. The number of esters is 1. The third-order valence-corrected chi connectivity index (χ3v) is 6.49. The second-order valence-electron chi connectivity index (χ2n) is 7.00. The maximum Gasteiger partial charge on any atom is 0.337 e. The molecule has 0 aliphatic carbocycles. The van der Waals surface area contributed by atoms with Crippen molar-refractivity contribution in [2.45, 2.75) is 4.90 Å². The zero-order valence-corrected chi connectivity index (χ0v) is 19.5. The van der Waals surface area contributed by atoms with Crippen LogP contribution in [0.25, 0.3) is 0 Å². The van der Waals surface area contributed by atoms with Crippen LogP contribution < -0.4 is 14.9 Å². The first-order valence-electron chi connectivity index (χ1n) is 9.85. The first-order chi connectivity index (χ1) is 16.7. The fraction of sp³-hybridized carbons (Fsp3) is 0.0455. The highest BCUT2D eigenvalue weighted by molar-refractivity contribution is 7.92. The SMILES string of the molecule is COC(=O)c1ccc(N2C(=O)C(Cl)=C(Nc3ccc(S(=O)(=O)Nc4ncccn4)cc3)C2=O)cc1. The molecule has 1 aliphatic heterocycles. The number of methoxy groups -OCH3 is 1. The van der Waals surface area contributed by atoms with E-state index in [1.165, 1.54) is 68.0 Å². The van der Waals surface area contributed by atoms with Crippen LogP contribution in [0, 0.1) is 0 Å². The van der Waals surface area contributed by atoms with Crippen LogP contribution in [-0.2, 0) is 24.3 Å². The molecule has 1 aliphatic rings. The average Bonchev–Trinajstić information content (AvgIpc) is 3.07. The summed E-state index contributed by atoms with van der Waals surface area (Å²) in [5, 5.41) is 2.42. The van der Waals surface area contributed by atoms with E-state index in [-0.39, 0.29) is 32.8 Å². The molecule has 2 heterocycles. The molecule has 0 saturated carbocycles. The number of carbonyl (C=O) groups is 3. The predicted molar refractivity (Wildman–Crippen MR) is 126 cm³/mol. The van der Waals surface area contributed by atoms with Crippen LogP contribution in [0.2, 0.25) is 0 Å². The van der Waals surface area contributed by atoms with Crippen molar-refractivity contribution in [2.24, 2.45) is 0 Å². The third-order valence-electron chi connectivity index (χ3n) is 4.80. The Morgan fingerprint density at radius 2 is 1.60 bits per heavy atom. The van der Waals surface area contributed by atoms with Gasteiger partial charge in [-0.05, 0) is 54.6 Å². The lowest BCUT2D eigenvalue weighted by atomic mass is 10.2. The molecule has 2 aromatic carbocycles. The third kappa shape index (κ3) is 4.83. The molecule has 178 valence electrons. The number of halogens is 1. The minimum atomic E-state index is -3.95. The van der Waals surface area contributed by atoms with Gasteiger partial charge in [0.05, 0.1) is 23.3 Å². The topological polar surface area (TPSA) is 148 Å². The Hall–Kier alpha value is -4.29. The maximum absolute atomic E-state index is 12.9. The van der Waals surface area contributed by atoms with Crippen LogP contribution in [0.3, 0.4) is 0 Å². The van der Waals surface area contributed by atoms with E-state index in [1.807, 2.05) is 0 Å². The summed E-state index contributed by atoms with van der Waals surface area (Å²) in [5.74, 6) is -2.12. The van der Waals surface area contributed by atoms with Crippen molar-refractivity contribution in [1.82, 2.24) is 9.97 Å². The summed E-state index contributed by atoms with van der Waals surface area (Å²) in [6.07, 6.45) is 2.79. The number of rotatable bonds is 7. The highest BCUT2D eigenvalue weighted by atomic mass is 35.5. The van der Waals surface area contributed by atoms with Crippen LogP contribution in [0.15, 0.2) is 82.6 Å². The van der Waals surface area contributed by atoms with Gasteiger partial charge in [-0.15, -0.1) is 0 Å². The van der Waals surface area contributed by atoms with E-state index in [9.17, 15) is 22.8 Å². The molecule has 4 rings (SSSR count). The number of amides is 2. The van der Waals surface area contributed by atoms with Crippen LogP contribution in [0.4, 0.5) is 17.3 Å². The van der Waals surface area contributed by atoms with Crippen molar-refractivity contribution in [3.05, 3.63) is 83.3 Å². The molecule has 35 heavy (non-hydrogen) atoms. The quantitative estimate of drug-likeness (QED) is 0.359. The number of hydrogen-bond donors (Lipinski definition) is 2. The van der Waals surface area contributed by atoms with Crippen molar-refractivity contribution in [3.8, 4) is 0 Å². The van der Waals surface area contributed by atoms with E-state index in [4.69, 9.17) is 11.6 Å². The molecule has 0 radical (unpaired) electrons. The number of nitrogens with one attached hydrogen (secondary N) is 2. The van der Waals surface area contributed by atoms with Gasteiger partial charge in [0.1, 0.15) is 10.7 Å². The molecule has 0 saturated heterocycles. The number of carbonyl (C=O) groups excluding carboxylic acids is 3. The summed E-state index contributed by atoms with van der Waals surface area (Å²) in [4.78, 5) is 45.6. The fourth-order valence-corrected chi connectivity index (χ4v) is 4.27. The molecule has 0 bridgehead atoms. The zero-order valence-electron chi connectivity index (χ0n) is 17.9. The summed E-state index contributed by atoms with van der Waals surface area (Å²) in [5.41, 5.74) is 0.589. The lowest BCUT2D eigenvalue weighted by Gasteiger charge is -2.15. The largest absolute Gasteiger partial charge is 0.465 e. The van der Waals surface area contributed by atoms with E-state index < -0.39 is 27.8 Å². The molecule has 0 fully saturated rings. The van der Waals surface area contributed by atoms with Crippen LogP contribution >= 0.6 is 11.6 Å². The second kappa shape index (κ2) is 9.52. The van der Waals surface area contributed by atoms with E-state index in [0.717, 1.165) is 4.90 Å². The van der Waals surface area contributed by atoms with Crippen molar-refractivity contribution >= 4 is 56.7 Å². The Labute approximate surface area is 204 Å². The maximum atomic E-state index is 12.9. The predicted octanol–water partition coefficient (Wildman–Crippen LogP) is 2.50. The highest BCUT2D eigenvalue weighted by Crippen LogP contribution is 2.30. The molecule has 0 spiro atoms. The number of aromatic nitrogens is 2. The molecule has 2 N–H and O–H groups in total. The Kier molecular flexibility index (Phi) is 6.49. The van der Waals surface area contributed by atoms with Gasteiger partial charge < -0.3 is 10.1 Å². The van der Waals surface area contributed by atoms with Gasteiger partial charge in [-0.1, -0.05) is 11.6 Å². The summed E-state index contributed by atoms with van der Waals surface area (Å²) in [7, 11) is -2.71. The second-order valence-corrected chi connectivity index (χ2v) is 9.06. The first kappa shape index (κ1) is 23.9. The number of imide groups is 1. The van der Waals surface area contributed by atoms with Crippen LogP contribution in [0.5, 0.6) is 0 Å². The molecule has 2 amide bonds. The molecule has 1 aromatic heterocycles. The number of sulfonamides is 1.